The van der Waals surface area contributed by atoms with Gasteiger partial charge < -0.3 is 10.1 Å². The third kappa shape index (κ3) is 6.75. The summed E-state index contributed by atoms with van der Waals surface area (Å²) in [5.41, 5.74) is 2.90. The summed E-state index contributed by atoms with van der Waals surface area (Å²) in [5.74, 6) is 1.95. The van der Waals surface area contributed by atoms with Gasteiger partial charge in [0.1, 0.15) is 12.4 Å². The number of hydrogen-bond acceptors (Lipinski definition) is 5. The molecule has 6 heteroatoms. The molecule has 2 aromatic heterocycles. The summed E-state index contributed by atoms with van der Waals surface area (Å²) in [4.78, 5) is 20.4. The van der Waals surface area contributed by atoms with Gasteiger partial charge in [0.05, 0.1) is 17.1 Å². The van der Waals surface area contributed by atoms with Gasteiger partial charge in [-0.15, -0.1) is 11.8 Å². The summed E-state index contributed by atoms with van der Waals surface area (Å²) >= 11 is 1.56. The molecule has 27 heavy (non-hydrogen) atoms. The number of pyridine rings is 2. The van der Waals surface area contributed by atoms with Crippen molar-refractivity contribution >= 4 is 17.7 Å². The van der Waals surface area contributed by atoms with Crippen LogP contribution in [0.25, 0.3) is 0 Å². The lowest BCUT2D eigenvalue weighted by Crippen LogP contribution is -2.24. The van der Waals surface area contributed by atoms with Gasteiger partial charge in [0.15, 0.2) is 0 Å². The highest BCUT2D eigenvalue weighted by Crippen LogP contribution is 2.14. The zero-order valence-electron chi connectivity index (χ0n) is 14.9. The molecule has 3 rings (SSSR count). The topological polar surface area (TPSA) is 64.1 Å². The standard InChI is InChI=1S/C21H21N3O2S/c25-21(16-27-15-19-6-2-4-12-23-19)24-13-17-7-9-20(10-8-17)26-14-18-5-1-3-11-22-18/h1-12H,13-16H2,(H,24,25). The Morgan fingerprint density at radius 2 is 1.63 bits per heavy atom. The molecule has 1 N–H and O–H groups in total. The van der Waals surface area contributed by atoms with E-state index in [0.717, 1.165) is 28.5 Å². The van der Waals surface area contributed by atoms with Gasteiger partial charge in [0.2, 0.25) is 5.91 Å². The fraction of sp³-hybridized carbons (Fsp3) is 0.190. The number of hydrogen-bond donors (Lipinski definition) is 1. The molecule has 0 fully saturated rings. The Bertz CT molecular complexity index is 827. The molecule has 0 saturated heterocycles. The van der Waals surface area contributed by atoms with Gasteiger partial charge in [0.25, 0.3) is 0 Å². The van der Waals surface area contributed by atoms with E-state index in [-0.39, 0.29) is 5.91 Å². The van der Waals surface area contributed by atoms with E-state index in [1.165, 1.54) is 0 Å². The third-order valence-electron chi connectivity index (χ3n) is 3.74. The van der Waals surface area contributed by atoms with Crippen molar-refractivity contribution in [3.63, 3.8) is 0 Å². The number of nitrogens with one attached hydrogen (secondary N) is 1. The van der Waals surface area contributed by atoms with Gasteiger partial charge in [-0.1, -0.05) is 24.3 Å². The first-order valence-corrected chi connectivity index (χ1v) is 9.81. The van der Waals surface area contributed by atoms with Gasteiger partial charge in [-0.25, -0.2) is 0 Å². The van der Waals surface area contributed by atoms with Crippen LogP contribution in [0.5, 0.6) is 5.75 Å². The maximum absolute atomic E-state index is 11.9. The van der Waals surface area contributed by atoms with Crippen molar-refractivity contribution < 1.29 is 9.53 Å². The summed E-state index contributed by atoms with van der Waals surface area (Å²) in [5, 5.41) is 2.93. The molecule has 0 saturated carbocycles. The molecule has 0 aliphatic carbocycles. The highest BCUT2D eigenvalue weighted by Gasteiger charge is 2.03. The Morgan fingerprint density at radius 3 is 2.30 bits per heavy atom. The first kappa shape index (κ1) is 18.9. The number of benzene rings is 1. The molecule has 138 valence electrons. The van der Waals surface area contributed by atoms with Crippen molar-refractivity contribution in [1.82, 2.24) is 15.3 Å². The number of ether oxygens (including phenoxy) is 1. The molecular formula is C21H21N3O2S. The van der Waals surface area contributed by atoms with Crippen LogP contribution >= 0.6 is 11.8 Å². The number of rotatable bonds is 9. The zero-order chi connectivity index (χ0) is 18.7. The molecule has 2 heterocycles. The van der Waals surface area contributed by atoms with Gasteiger partial charge in [-0.3, -0.25) is 14.8 Å². The largest absolute Gasteiger partial charge is 0.487 e. The van der Waals surface area contributed by atoms with Crippen LogP contribution < -0.4 is 10.1 Å². The highest BCUT2D eigenvalue weighted by molar-refractivity contribution is 7.99. The Labute approximate surface area is 163 Å². The molecule has 0 bridgehead atoms. The minimum Gasteiger partial charge on any atom is -0.487 e. The Morgan fingerprint density at radius 1 is 0.926 bits per heavy atom. The summed E-state index contributed by atoms with van der Waals surface area (Å²) in [6.07, 6.45) is 3.51. The van der Waals surface area contributed by atoms with Crippen molar-refractivity contribution in [1.29, 1.82) is 0 Å². The molecule has 0 radical (unpaired) electrons. The minimum atomic E-state index is 0.0198. The van der Waals surface area contributed by atoms with Crippen LogP contribution in [0.1, 0.15) is 17.0 Å². The second-order valence-electron chi connectivity index (χ2n) is 5.84. The van der Waals surface area contributed by atoms with Crippen LogP contribution in [0.15, 0.2) is 73.1 Å². The predicted molar refractivity (Wildman–Crippen MR) is 107 cm³/mol. The number of nitrogens with zero attached hydrogens (tertiary/aromatic N) is 2. The van der Waals surface area contributed by atoms with E-state index in [2.05, 4.69) is 15.3 Å². The van der Waals surface area contributed by atoms with Crippen molar-refractivity contribution in [3.8, 4) is 5.75 Å². The highest BCUT2D eigenvalue weighted by atomic mass is 32.2. The first-order valence-electron chi connectivity index (χ1n) is 8.65. The molecule has 0 aliphatic rings. The van der Waals surface area contributed by atoms with Gasteiger partial charge in [-0.2, -0.15) is 0 Å². The molecule has 0 atom stereocenters. The fourth-order valence-electron chi connectivity index (χ4n) is 2.33. The van der Waals surface area contributed by atoms with Crippen molar-refractivity contribution in [2.45, 2.75) is 18.9 Å². The van der Waals surface area contributed by atoms with Crippen LogP contribution in [-0.4, -0.2) is 21.6 Å². The number of carbonyl (C=O) groups is 1. The van der Waals surface area contributed by atoms with Crippen LogP contribution in [0, 0.1) is 0 Å². The van der Waals surface area contributed by atoms with Crippen LogP contribution in [-0.2, 0) is 23.7 Å². The number of amides is 1. The smallest absolute Gasteiger partial charge is 0.230 e. The number of aromatic nitrogens is 2. The lowest BCUT2D eigenvalue weighted by atomic mass is 10.2. The molecule has 0 unspecified atom stereocenters. The lowest BCUT2D eigenvalue weighted by molar-refractivity contribution is -0.118. The van der Waals surface area contributed by atoms with E-state index in [4.69, 9.17) is 4.74 Å². The fourth-order valence-corrected chi connectivity index (χ4v) is 3.10. The molecule has 1 aromatic carbocycles. The summed E-state index contributed by atoms with van der Waals surface area (Å²) in [7, 11) is 0. The lowest BCUT2D eigenvalue weighted by Gasteiger charge is -2.08. The van der Waals surface area contributed by atoms with Gasteiger partial charge >= 0.3 is 0 Å². The summed E-state index contributed by atoms with van der Waals surface area (Å²) < 4.78 is 5.71. The number of thioether (sulfide) groups is 1. The van der Waals surface area contributed by atoms with Crippen molar-refractivity contribution in [2.75, 3.05) is 5.75 Å². The van der Waals surface area contributed by atoms with Crippen molar-refractivity contribution in [3.05, 3.63) is 90.0 Å². The summed E-state index contributed by atoms with van der Waals surface area (Å²) in [6, 6.07) is 19.3. The minimum absolute atomic E-state index is 0.0198. The molecule has 1 amide bonds. The van der Waals surface area contributed by atoms with E-state index in [1.807, 2.05) is 60.7 Å². The average Bonchev–Trinajstić information content (AvgIpc) is 2.73. The van der Waals surface area contributed by atoms with Crippen LogP contribution in [0.3, 0.4) is 0 Å². The maximum Gasteiger partial charge on any atom is 0.230 e. The van der Waals surface area contributed by atoms with Gasteiger partial charge in [0, 0.05) is 24.7 Å². The second-order valence-corrected chi connectivity index (χ2v) is 6.83. The van der Waals surface area contributed by atoms with E-state index in [0.29, 0.717) is 18.9 Å². The van der Waals surface area contributed by atoms with E-state index < -0.39 is 0 Å². The first-order chi connectivity index (χ1) is 13.3. The van der Waals surface area contributed by atoms with E-state index in [9.17, 15) is 4.79 Å². The second kappa shape index (κ2) is 10.3. The van der Waals surface area contributed by atoms with Crippen LogP contribution in [0.2, 0.25) is 0 Å². The average molecular weight is 379 g/mol. The quantitative estimate of drug-likeness (QED) is 0.615. The summed E-state index contributed by atoms with van der Waals surface area (Å²) in [6.45, 7) is 0.938. The van der Waals surface area contributed by atoms with Crippen LogP contribution in [0.4, 0.5) is 0 Å². The zero-order valence-corrected chi connectivity index (χ0v) is 15.7. The maximum atomic E-state index is 11.9. The molecule has 0 spiro atoms. The molecule has 3 aromatic rings. The third-order valence-corrected chi connectivity index (χ3v) is 4.70. The van der Waals surface area contributed by atoms with Crippen molar-refractivity contribution in [2.24, 2.45) is 0 Å². The monoisotopic (exact) mass is 379 g/mol. The van der Waals surface area contributed by atoms with E-state index in [1.54, 1.807) is 24.2 Å². The van der Waals surface area contributed by atoms with E-state index >= 15 is 0 Å². The molecular weight excluding hydrogens is 358 g/mol. The normalized spacial score (nSPS) is 10.4. The van der Waals surface area contributed by atoms with Gasteiger partial charge in [-0.05, 0) is 42.0 Å². The number of carbonyl (C=O) groups excluding carboxylic acids is 1. The molecule has 0 aliphatic heterocycles. The SMILES string of the molecule is O=C(CSCc1ccccn1)NCc1ccc(OCc2ccccn2)cc1. The molecule has 5 nitrogen and oxygen atoms in total. The Kier molecular flexibility index (Phi) is 7.24. The Balaban J connectivity index is 1.36. The predicted octanol–water partition coefficient (Wildman–Crippen LogP) is 3.61. The Hall–Kier alpha value is -2.86.